The fraction of sp³-hybridized carbons (Fsp3) is 0.600. The Labute approximate surface area is 124 Å². The molecule has 0 radical (unpaired) electrons. The second-order valence-corrected chi connectivity index (χ2v) is 5.52. The normalized spacial score (nSPS) is 22.1. The Bertz CT molecular complexity index is 512. The molecule has 1 saturated heterocycles. The zero-order valence-electron chi connectivity index (χ0n) is 12.5. The van der Waals surface area contributed by atoms with E-state index in [4.69, 9.17) is 4.42 Å². The minimum absolute atomic E-state index is 0.271. The van der Waals surface area contributed by atoms with E-state index in [-0.39, 0.29) is 12.6 Å². The summed E-state index contributed by atoms with van der Waals surface area (Å²) < 4.78 is 5.38. The molecule has 0 bridgehead atoms. The summed E-state index contributed by atoms with van der Waals surface area (Å²) in [5.74, 6) is 0.891. The Kier molecular flexibility index (Phi) is 4.88. The summed E-state index contributed by atoms with van der Waals surface area (Å²) in [6.45, 7) is 4.64. The van der Waals surface area contributed by atoms with Gasteiger partial charge in [0.1, 0.15) is 17.6 Å². The molecule has 1 aliphatic heterocycles. The van der Waals surface area contributed by atoms with Crippen molar-refractivity contribution < 1.29 is 19.1 Å². The number of piperidine rings is 1. The fourth-order valence-electron chi connectivity index (χ4n) is 2.73. The third kappa shape index (κ3) is 3.77. The Hall–Kier alpha value is -1.98. The van der Waals surface area contributed by atoms with Crippen LogP contribution in [0.25, 0.3) is 0 Å². The number of carbonyl (C=O) groups is 2. The largest absolute Gasteiger partial charge is 0.480 e. The quantitative estimate of drug-likeness (QED) is 0.893. The number of urea groups is 1. The van der Waals surface area contributed by atoms with E-state index in [1.807, 2.05) is 13.0 Å². The van der Waals surface area contributed by atoms with Gasteiger partial charge in [0.2, 0.25) is 0 Å². The zero-order chi connectivity index (χ0) is 15.4. The summed E-state index contributed by atoms with van der Waals surface area (Å²) in [5, 5.41) is 12.0. The number of carboxylic acid groups (broad SMARTS) is 1. The highest BCUT2D eigenvalue weighted by atomic mass is 16.4. The number of likely N-dealkylation sites (tertiary alicyclic amines) is 1. The van der Waals surface area contributed by atoms with E-state index in [0.29, 0.717) is 24.6 Å². The molecule has 1 aromatic heterocycles. The number of carbonyl (C=O) groups excluding carboxylic acids is 1. The summed E-state index contributed by atoms with van der Waals surface area (Å²) in [6.07, 6.45) is 2.33. The third-order valence-electron chi connectivity index (χ3n) is 4.04. The lowest BCUT2D eigenvalue weighted by Crippen LogP contribution is -2.53. The van der Waals surface area contributed by atoms with Gasteiger partial charge in [-0.15, -0.1) is 0 Å². The number of furan rings is 1. The molecule has 6 heteroatoms. The maximum Gasteiger partial charge on any atom is 0.326 e. The van der Waals surface area contributed by atoms with Gasteiger partial charge in [-0.2, -0.15) is 0 Å². The average molecular weight is 294 g/mol. The van der Waals surface area contributed by atoms with Gasteiger partial charge in [-0.3, -0.25) is 0 Å². The van der Waals surface area contributed by atoms with Crippen LogP contribution >= 0.6 is 0 Å². The van der Waals surface area contributed by atoms with E-state index >= 15 is 0 Å². The average Bonchev–Trinajstić information content (AvgIpc) is 2.89. The standard InChI is InChI=1S/C15H22N2O4/c1-3-11-6-7-17(13(8-11)14(18)19)15(20)16-9-12-5-4-10(2)21-12/h4-5,11,13H,3,6-9H2,1-2H3,(H,16,20)(H,18,19). The molecule has 0 saturated carbocycles. The first kappa shape index (κ1) is 15.4. The van der Waals surface area contributed by atoms with Crippen LogP contribution in [0.3, 0.4) is 0 Å². The van der Waals surface area contributed by atoms with Gasteiger partial charge in [0.05, 0.1) is 6.54 Å². The van der Waals surface area contributed by atoms with Crippen molar-refractivity contribution in [2.75, 3.05) is 6.54 Å². The molecule has 2 N–H and O–H groups in total. The molecule has 0 aromatic carbocycles. The first-order chi connectivity index (χ1) is 10.0. The highest BCUT2D eigenvalue weighted by Gasteiger charge is 2.35. The molecular weight excluding hydrogens is 272 g/mol. The van der Waals surface area contributed by atoms with Gasteiger partial charge in [0, 0.05) is 6.54 Å². The van der Waals surface area contributed by atoms with Crippen molar-refractivity contribution >= 4 is 12.0 Å². The fourth-order valence-corrected chi connectivity index (χ4v) is 2.73. The van der Waals surface area contributed by atoms with Crippen molar-refractivity contribution in [1.82, 2.24) is 10.2 Å². The number of hydrogen-bond acceptors (Lipinski definition) is 3. The Morgan fingerprint density at radius 2 is 2.24 bits per heavy atom. The maximum atomic E-state index is 12.2. The van der Waals surface area contributed by atoms with Crippen LogP contribution in [-0.2, 0) is 11.3 Å². The van der Waals surface area contributed by atoms with Gasteiger partial charge in [0.15, 0.2) is 0 Å². The van der Waals surface area contributed by atoms with E-state index in [2.05, 4.69) is 12.2 Å². The Balaban J connectivity index is 1.95. The van der Waals surface area contributed by atoms with Crippen LogP contribution < -0.4 is 5.32 Å². The van der Waals surface area contributed by atoms with Gasteiger partial charge < -0.3 is 19.7 Å². The van der Waals surface area contributed by atoms with Gasteiger partial charge in [0.25, 0.3) is 0 Å². The van der Waals surface area contributed by atoms with Crippen molar-refractivity contribution in [2.24, 2.45) is 5.92 Å². The lowest BCUT2D eigenvalue weighted by Gasteiger charge is -2.36. The maximum absolute atomic E-state index is 12.2. The lowest BCUT2D eigenvalue weighted by molar-refractivity contribution is -0.144. The first-order valence-electron chi connectivity index (χ1n) is 7.33. The van der Waals surface area contributed by atoms with Crippen LogP contribution in [-0.4, -0.2) is 34.6 Å². The second kappa shape index (κ2) is 6.65. The molecule has 116 valence electrons. The van der Waals surface area contributed by atoms with E-state index in [0.717, 1.165) is 18.6 Å². The molecule has 2 amide bonds. The molecule has 2 unspecified atom stereocenters. The van der Waals surface area contributed by atoms with Crippen LogP contribution in [0.5, 0.6) is 0 Å². The van der Waals surface area contributed by atoms with E-state index in [9.17, 15) is 14.7 Å². The summed E-state index contributed by atoms with van der Waals surface area (Å²) in [4.78, 5) is 25.0. The highest BCUT2D eigenvalue weighted by molar-refractivity contribution is 5.82. The molecule has 6 nitrogen and oxygen atoms in total. The van der Waals surface area contributed by atoms with Crippen LogP contribution in [0.15, 0.2) is 16.5 Å². The van der Waals surface area contributed by atoms with Crippen LogP contribution in [0.2, 0.25) is 0 Å². The van der Waals surface area contributed by atoms with Crippen molar-refractivity contribution in [3.8, 4) is 0 Å². The Morgan fingerprint density at radius 1 is 1.48 bits per heavy atom. The summed E-state index contributed by atoms with van der Waals surface area (Å²) >= 11 is 0. The molecule has 1 fully saturated rings. The van der Waals surface area contributed by atoms with Crippen molar-refractivity contribution in [2.45, 2.75) is 45.7 Å². The van der Waals surface area contributed by atoms with Gasteiger partial charge in [-0.25, -0.2) is 9.59 Å². The molecule has 0 spiro atoms. The minimum atomic E-state index is -0.933. The predicted octanol–water partition coefficient (Wildman–Crippen LogP) is 2.37. The minimum Gasteiger partial charge on any atom is -0.480 e. The number of aryl methyl sites for hydroxylation is 1. The highest BCUT2D eigenvalue weighted by Crippen LogP contribution is 2.25. The number of carboxylic acids is 1. The monoisotopic (exact) mass is 294 g/mol. The number of amides is 2. The smallest absolute Gasteiger partial charge is 0.326 e. The SMILES string of the molecule is CCC1CCN(C(=O)NCc2ccc(C)o2)C(C(=O)O)C1. The molecule has 21 heavy (non-hydrogen) atoms. The van der Waals surface area contributed by atoms with Crippen LogP contribution in [0, 0.1) is 12.8 Å². The summed E-state index contributed by atoms with van der Waals surface area (Å²) in [5.41, 5.74) is 0. The molecule has 1 aromatic rings. The number of rotatable bonds is 4. The summed E-state index contributed by atoms with van der Waals surface area (Å²) in [6, 6.07) is 2.55. The summed E-state index contributed by atoms with van der Waals surface area (Å²) in [7, 11) is 0. The van der Waals surface area contributed by atoms with Gasteiger partial charge >= 0.3 is 12.0 Å². The molecule has 0 aliphatic carbocycles. The number of aliphatic carboxylic acids is 1. The molecule has 2 rings (SSSR count). The second-order valence-electron chi connectivity index (χ2n) is 5.52. The van der Waals surface area contributed by atoms with Crippen LogP contribution in [0.4, 0.5) is 4.79 Å². The van der Waals surface area contributed by atoms with Crippen LogP contribution in [0.1, 0.15) is 37.7 Å². The van der Waals surface area contributed by atoms with E-state index < -0.39 is 12.0 Å². The van der Waals surface area contributed by atoms with Gasteiger partial charge in [-0.05, 0) is 37.8 Å². The molecule has 2 atom stereocenters. The number of hydrogen-bond donors (Lipinski definition) is 2. The first-order valence-corrected chi connectivity index (χ1v) is 7.33. The van der Waals surface area contributed by atoms with E-state index in [1.165, 1.54) is 4.90 Å². The van der Waals surface area contributed by atoms with Crippen molar-refractivity contribution in [3.05, 3.63) is 23.7 Å². The number of nitrogens with one attached hydrogen (secondary N) is 1. The molecule has 2 heterocycles. The van der Waals surface area contributed by atoms with E-state index in [1.54, 1.807) is 6.07 Å². The Morgan fingerprint density at radius 3 is 2.81 bits per heavy atom. The molecule has 1 aliphatic rings. The number of nitrogens with zero attached hydrogens (tertiary/aromatic N) is 1. The molecular formula is C15H22N2O4. The van der Waals surface area contributed by atoms with Gasteiger partial charge in [-0.1, -0.05) is 13.3 Å². The lowest BCUT2D eigenvalue weighted by atomic mass is 9.89. The topological polar surface area (TPSA) is 82.8 Å². The van der Waals surface area contributed by atoms with Crippen molar-refractivity contribution in [1.29, 1.82) is 0 Å². The van der Waals surface area contributed by atoms with Crippen molar-refractivity contribution in [3.63, 3.8) is 0 Å². The third-order valence-corrected chi connectivity index (χ3v) is 4.04. The predicted molar refractivity (Wildman–Crippen MR) is 76.8 cm³/mol. The zero-order valence-corrected chi connectivity index (χ0v) is 12.5.